The van der Waals surface area contributed by atoms with Crippen LogP contribution in [0.15, 0.2) is 23.1 Å². The number of imidazole rings is 1. The van der Waals surface area contributed by atoms with Crippen LogP contribution in [0, 0.1) is 19.3 Å². The van der Waals surface area contributed by atoms with E-state index in [0.717, 1.165) is 38.5 Å². The van der Waals surface area contributed by atoms with Crippen LogP contribution in [-0.2, 0) is 12.6 Å². The van der Waals surface area contributed by atoms with Crippen molar-refractivity contribution in [2.45, 2.75) is 56.5 Å². The third-order valence-electron chi connectivity index (χ3n) is 7.51. The molecule has 2 heterocycles. The van der Waals surface area contributed by atoms with Gasteiger partial charge in [0.1, 0.15) is 11.3 Å². The Kier molecular flexibility index (Phi) is 4.57. The highest BCUT2D eigenvalue weighted by Crippen LogP contribution is 2.53. The molecular formula is C23H24FN7O2. The second-order valence-electron chi connectivity index (χ2n) is 9.28. The van der Waals surface area contributed by atoms with Crippen LogP contribution in [0.25, 0.3) is 16.0 Å². The Balaban J connectivity index is 1.57. The lowest BCUT2D eigenvalue weighted by Crippen LogP contribution is -2.52. The molecule has 9 nitrogen and oxygen atoms in total. The number of benzene rings is 1. The van der Waals surface area contributed by atoms with Crippen LogP contribution in [0.3, 0.4) is 0 Å². The minimum Gasteiger partial charge on any atom is -0.366 e. The first-order chi connectivity index (χ1) is 15.7. The van der Waals surface area contributed by atoms with E-state index in [1.54, 1.807) is 29.3 Å². The van der Waals surface area contributed by atoms with Crippen molar-refractivity contribution in [1.82, 2.24) is 19.1 Å². The monoisotopic (exact) mass is 449 g/mol. The normalized spacial score (nSPS) is 24.1. The van der Waals surface area contributed by atoms with Gasteiger partial charge in [0.15, 0.2) is 5.65 Å². The van der Waals surface area contributed by atoms with E-state index < -0.39 is 11.7 Å². The van der Waals surface area contributed by atoms with Crippen molar-refractivity contribution in [2.24, 2.45) is 12.8 Å². The summed E-state index contributed by atoms with van der Waals surface area (Å²) in [6, 6.07) is 2.57. The van der Waals surface area contributed by atoms with Crippen molar-refractivity contribution < 1.29 is 9.18 Å². The number of nitrogens with zero attached hydrogens (tertiary/aromatic N) is 5. The summed E-state index contributed by atoms with van der Waals surface area (Å²) >= 11 is 0. The summed E-state index contributed by atoms with van der Waals surface area (Å²) in [7, 11) is 1.70. The fraction of sp³-hybridized carbons (Fsp3) is 0.435. The highest BCUT2D eigenvalue weighted by Gasteiger charge is 2.55. The van der Waals surface area contributed by atoms with Crippen LogP contribution in [0.2, 0.25) is 0 Å². The molecule has 1 amide bonds. The van der Waals surface area contributed by atoms with E-state index in [4.69, 9.17) is 12.3 Å². The summed E-state index contributed by atoms with van der Waals surface area (Å²) in [5.74, 6) is -1.36. The van der Waals surface area contributed by atoms with Crippen molar-refractivity contribution in [3.63, 3.8) is 0 Å². The van der Waals surface area contributed by atoms with Crippen molar-refractivity contribution in [3.05, 3.63) is 57.2 Å². The van der Waals surface area contributed by atoms with Crippen LogP contribution in [0.5, 0.6) is 0 Å². The molecule has 0 atom stereocenters. The molecule has 0 radical (unpaired) electrons. The van der Waals surface area contributed by atoms with E-state index in [1.807, 2.05) is 0 Å². The van der Waals surface area contributed by atoms with Gasteiger partial charge in [-0.25, -0.2) is 20.7 Å². The molecule has 33 heavy (non-hydrogen) atoms. The van der Waals surface area contributed by atoms with Crippen molar-refractivity contribution in [3.8, 4) is 0 Å². The van der Waals surface area contributed by atoms with Crippen LogP contribution < -0.4 is 16.7 Å². The first-order valence-electron chi connectivity index (χ1n) is 10.9. The van der Waals surface area contributed by atoms with Crippen molar-refractivity contribution in [2.75, 3.05) is 5.32 Å². The summed E-state index contributed by atoms with van der Waals surface area (Å²) in [6.07, 6.45) is 6.21. The number of aromatic nitrogens is 4. The Morgan fingerprint density at radius 3 is 2.52 bits per heavy atom. The lowest BCUT2D eigenvalue weighted by atomic mass is 9.61. The predicted octanol–water partition coefficient (Wildman–Crippen LogP) is 3.14. The third-order valence-corrected chi connectivity index (χ3v) is 7.51. The molecule has 0 spiro atoms. The second-order valence-corrected chi connectivity index (χ2v) is 9.28. The topological polar surface area (TPSA) is 112 Å². The minimum absolute atomic E-state index is 0.151. The molecule has 3 fully saturated rings. The van der Waals surface area contributed by atoms with Crippen LogP contribution in [-0.4, -0.2) is 30.5 Å². The SMILES string of the molecule is [C-]#[N+]C12CCC(n3c(=O)n(C)c4cnc(Nc5cc(F)c(C(N)=O)cc5C)nc43)(CC1)CC2. The van der Waals surface area contributed by atoms with Gasteiger partial charge in [-0.2, -0.15) is 4.98 Å². The first-order valence-corrected chi connectivity index (χ1v) is 10.9. The van der Waals surface area contributed by atoms with Crippen LogP contribution >= 0.6 is 0 Å². The molecule has 3 aliphatic rings. The third kappa shape index (κ3) is 3.10. The molecule has 0 unspecified atom stereocenters. The number of amides is 1. The molecule has 0 saturated heterocycles. The fourth-order valence-corrected chi connectivity index (χ4v) is 5.37. The Morgan fingerprint density at radius 1 is 1.24 bits per heavy atom. The molecule has 10 heteroatoms. The van der Waals surface area contributed by atoms with Gasteiger partial charge in [-0.1, -0.05) is 0 Å². The van der Waals surface area contributed by atoms with Gasteiger partial charge in [0.05, 0.1) is 17.3 Å². The van der Waals surface area contributed by atoms with E-state index in [0.29, 0.717) is 22.4 Å². The lowest BCUT2D eigenvalue weighted by molar-refractivity contribution is 0.0720. The summed E-state index contributed by atoms with van der Waals surface area (Å²) in [5.41, 5.74) is 6.38. The molecule has 3 saturated carbocycles. The summed E-state index contributed by atoms with van der Waals surface area (Å²) in [4.78, 5) is 37.6. The molecule has 1 aromatic carbocycles. The number of fused-ring (bicyclic) bond motifs is 4. The number of hydrogen-bond acceptors (Lipinski definition) is 5. The minimum atomic E-state index is -0.838. The van der Waals surface area contributed by atoms with E-state index in [1.165, 1.54) is 12.1 Å². The number of carbonyl (C=O) groups is 1. The Bertz CT molecular complexity index is 1390. The fourth-order valence-electron chi connectivity index (χ4n) is 5.37. The maximum Gasteiger partial charge on any atom is 0.330 e. The number of aryl methyl sites for hydroxylation is 2. The van der Waals surface area contributed by atoms with Crippen LogP contribution in [0.1, 0.15) is 54.4 Å². The number of nitrogens with two attached hydrogens (primary N) is 1. The molecule has 2 aromatic heterocycles. The zero-order valence-corrected chi connectivity index (χ0v) is 18.5. The second kappa shape index (κ2) is 7.13. The van der Waals surface area contributed by atoms with Gasteiger partial charge in [-0.3, -0.25) is 13.9 Å². The zero-order chi connectivity index (χ0) is 23.5. The van der Waals surface area contributed by atoms with E-state index in [9.17, 15) is 14.0 Å². The highest BCUT2D eigenvalue weighted by molar-refractivity contribution is 5.94. The number of anilines is 2. The number of carbonyl (C=O) groups excluding carboxylic acids is 1. The molecule has 170 valence electrons. The van der Waals surface area contributed by atoms with Gasteiger partial charge >= 0.3 is 5.69 Å². The molecule has 0 aliphatic heterocycles. The first kappa shape index (κ1) is 21.1. The number of primary amides is 1. The van der Waals surface area contributed by atoms with Gasteiger partial charge in [-0.05, 0) is 43.9 Å². The Labute approximate surface area is 189 Å². The molecule has 2 bridgehead atoms. The summed E-state index contributed by atoms with van der Waals surface area (Å²) in [5, 5.41) is 3.01. The molecule has 3 aromatic rings. The largest absolute Gasteiger partial charge is 0.366 e. The van der Waals surface area contributed by atoms with Gasteiger partial charge in [0.2, 0.25) is 11.5 Å². The van der Waals surface area contributed by atoms with Gasteiger partial charge in [-0.15, -0.1) is 0 Å². The standard InChI is InChI=1S/C23H24FN7O2/c1-13-10-14(18(25)32)15(24)11-16(13)28-20-27-12-17-19(29-20)31(21(33)30(17)3)23-7-4-22(26-2,5-8-23)6-9-23/h10-12H,4-9H2,1,3H3,(H2,25,32)(H,27,28,29). The number of halogens is 1. The number of rotatable bonds is 4. The molecule has 3 aliphatic carbocycles. The molecule has 6 rings (SSSR count). The molecular weight excluding hydrogens is 425 g/mol. The maximum absolute atomic E-state index is 14.3. The van der Waals surface area contributed by atoms with E-state index in [-0.39, 0.29) is 28.3 Å². The number of hydrogen-bond donors (Lipinski definition) is 2. The molecule has 3 N–H and O–H groups in total. The van der Waals surface area contributed by atoms with Crippen molar-refractivity contribution in [1.29, 1.82) is 0 Å². The average molecular weight is 449 g/mol. The highest BCUT2D eigenvalue weighted by atomic mass is 19.1. The Hall–Kier alpha value is -3.74. The predicted molar refractivity (Wildman–Crippen MR) is 121 cm³/mol. The maximum atomic E-state index is 14.3. The number of nitrogens with one attached hydrogen (secondary N) is 1. The smallest absolute Gasteiger partial charge is 0.330 e. The summed E-state index contributed by atoms with van der Waals surface area (Å²) in [6.45, 7) is 9.31. The van der Waals surface area contributed by atoms with Crippen molar-refractivity contribution >= 4 is 28.7 Å². The Morgan fingerprint density at radius 2 is 1.91 bits per heavy atom. The van der Waals surface area contributed by atoms with E-state index >= 15 is 0 Å². The van der Waals surface area contributed by atoms with Crippen LogP contribution in [0.4, 0.5) is 16.0 Å². The zero-order valence-electron chi connectivity index (χ0n) is 18.5. The van der Waals surface area contributed by atoms with Gasteiger partial charge in [0.25, 0.3) is 5.91 Å². The van der Waals surface area contributed by atoms with Gasteiger partial charge in [0, 0.05) is 32.0 Å². The summed E-state index contributed by atoms with van der Waals surface area (Å²) < 4.78 is 17.6. The lowest BCUT2D eigenvalue weighted by Gasteiger charge is -2.47. The van der Waals surface area contributed by atoms with E-state index in [2.05, 4.69) is 20.1 Å². The average Bonchev–Trinajstić information content (AvgIpc) is 3.07. The quantitative estimate of drug-likeness (QED) is 0.595. The van der Waals surface area contributed by atoms with Gasteiger partial charge < -0.3 is 15.9 Å².